The van der Waals surface area contributed by atoms with Crippen LogP contribution in [0.1, 0.15) is 26.5 Å². The van der Waals surface area contributed by atoms with Crippen LogP contribution in [0.15, 0.2) is 17.2 Å². The molecule has 0 saturated carbocycles. The zero-order chi connectivity index (χ0) is 15.5. The summed E-state index contributed by atoms with van der Waals surface area (Å²) >= 11 is 0. The fourth-order valence-corrected chi connectivity index (χ4v) is 1.64. The molecule has 112 valence electrons. The number of carbonyl (C=O) groups is 1. The molecule has 2 rings (SSSR count). The Bertz CT molecular complexity index is 723. The molecule has 0 bridgehead atoms. The van der Waals surface area contributed by atoms with Gasteiger partial charge in [-0.1, -0.05) is 6.08 Å². The average Bonchev–Trinajstić information content (AvgIpc) is 2.77. The predicted octanol–water partition coefficient (Wildman–Crippen LogP) is 1.18. The second-order valence-corrected chi connectivity index (χ2v) is 5.35. The van der Waals surface area contributed by atoms with E-state index in [2.05, 4.69) is 25.5 Å². The minimum absolute atomic E-state index is 0.270. The van der Waals surface area contributed by atoms with Crippen LogP contribution in [0, 0.1) is 0 Å². The Morgan fingerprint density at radius 1 is 1.48 bits per heavy atom. The number of aromatic nitrogens is 4. The molecule has 0 aliphatic rings. The molecule has 21 heavy (non-hydrogen) atoms. The van der Waals surface area contributed by atoms with Crippen molar-refractivity contribution in [3.8, 4) is 0 Å². The number of fused-ring (bicyclic) bond motifs is 1. The van der Waals surface area contributed by atoms with Crippen molar-refractivity contribution < 1.29 is 9.53 Å². The van der Waals surface area contributed by atoms with Gasteiger partial charge >= 0.3 is 6.09 Å². The summed E-state index contributed by atoms with van der Waals surface area (Å²) in [6.45, 7) is 5.64. The van der Waals surface area contributed by atoms with Crippen LogP contribution in [0.3, 0.4) is 0 Å². The standard InChI is InChI=1S/C13H17N5O3/c1-13(2,3)21-12(20)14-6-4-5-8-9-10(18-17-8)15-7-16-11(9)19/h4-5,7H,6H2,1-3H3,(H,14,20)(H2,15,16,17,18,19). The Kier molecular flexibility index (Phi) is 4.06. The molecule has 2 heterocycles. The maximum Gasteiger partial charge on any atom is 0.407 e. The molecule has 0 aromatic carbocycles. The van der Waals surface area contributed by atoms with E-state index in [9.17, 15) is 9.59 Å². The molecule has 3 N–H and O–H groups in total. The third-order valence-corrected chi connectivity index (χ3v) is 2.43. The minimum atomic E-state index is -0.535. The largest absolute Gasteiger partial charge is 0.444 e. The first-order valence-corrected chi connectivity index (χ1v) is 6.42. The highest BCUT2D eigenvalue weighted by Crippen LogP contribution is 2.09. The Morgan fingerprint density at radius 2 is 2.24 bits per heavy atom. The number of carbonyl (C=O) groups excluding carboxylic acids is 1. The van der Waals surface area contributed by atoms with Crippen molar-refractivity contribution in [2.45, 2.75) is 26.4 Å². The van der Waals surface area contributed by atoms with Crippen LogP contribution in [0.25, 0.3) is 17.1 Å². The van der Waals surface area contributed by atoms with E-state index in [-0.39, 0.29) is 12.1 Å². The molecule has 0 atom stereocenters. The number of nitrogens with one attached hydrogen (secondary N) is 3. The summed E-state index contributed by atoms with van der Waals surface area (Å²) in [7, 11) is 0. The van der Waals surface area contributed by atoms with Crippen LogP contribution in [-0.4, -0.2) is 38.4 Å². The van der Waals surface area contributed by atoms with Gasteiger partial charge in [0, 0.05) is 6.54 Å². The van der Waals surface area contributed by atoms with Gasteiger partial charge in [0.25, 0.3) is 5.56 Å². The van der Waals surface area contributed by atoms with Gasteiger partial charge in [0.1, 0.15) is 11.0 Å². The molecule has 8 heteroatoms. The lowest BCUT2D eigenvalue weighted by molar-refractivity contribution is 0.0534. The predicted molar refractivity (Wildman–Crippen MR) is 77.8 cm³/mol. The summed E-state index contributed by atoms with van der Waals surface area (Å²) in [5.41, 5.74) is 0.0733. The van der Waals surface area contributed by atoms with Crippen LogP contribution in [-0.2, 0) is 4.74 Å². The molecule has 0 unspecified atom stereocenters. The quantitative estimate of drug-likeness (QED) is 0.786. The van der Waals surface area contributed by atoms with E-state index >= 15 is 0 Å². The van der Waals surface area contributed by atoms with Gasteiger partial charge in [0.05, 0.1) is 12.0 Å². The van der Waals surface area contributed by atoms with Crippen LogP contribution >= 0.6 is 0 Å². The maximum absolute atomic E-state index is 11.7. The maximum atomic E-state index is 11.7. The number of amides is 1. The van der Waals surface area contributed by atoms with Gasteiger partial charge in [-0.25, -0.2) is 9.78 Å². The van der Waals surface area contributed by atoms with E-state index in [1.807, 2.05) is 0 Å². The van der Waals surface area contributed by atoms with Crippen LogP contribution in [0.2, 0.25) is 0 Å². The van der Waals surface area contributed by atoms with Crippen LogP contribution in [0.5, 0.6) is 0 Å². The molecular weight excluding hydrogens is 274 g/mol. The lowest BCUT2D eigenvalue weighted by Gasteiger charge is -2.19. The topological polar surface area (TPSA) is 113 Å². The highest BCUT2D eigenvalue weighted by Gasteiger charge is 2.15. The van der Waals surface area contributed by atoms with Gasteiger partial charge in [-0.05, 0) is 26.8 Å². The highest BCUT2D eigenvalue weighted by atomic mass is 16.6. The first kappa shape index (κ1) is 14.8. The number of rotatable bonds is 3. The molecule has 0 radical (unpaired) electrons. The van der Waals surface area contributed by atoms with E-state index in [1.165, 1.54) is 6.33 Å². The smallest absolute Gasteiger partial charge is 0.407 e. The summed E-state index contributed by atoms with van der Waals surface area (Å²) in [4.78, 5) is 29.5. The number of H-pyrrole nitrogens is 2. The first-order valence-electron chi connectivity index (χ1n) is 6.42. The zero-order valence-electron chi connectivity index (χ0n) is 12.1. The van der Waals surface area contributed by atoms with Crippen molar-refractivity contribution >= 4 is 23.2 Å². The van der Waals surface area contributed by atoms with Crippen LogP contribution in [0.4, 0.5) is 4.79 Å². The molecule has 0 aliphatic heterocycles. The molecule has 2 aromatic heterocycles. The number of ether oxygens (including phenoxy) is 1. The van der Waals surface area contributed by atoms with Crippen molar-refractivity contribution in [2.75, 3.05) is 6.54 Å². The third kappa shape index (κ3) is 3.91. The van der Waals surface area contributed by atoms with Crippen molar-refractivity contribution in [2.24, 2.45) is 0 Å². The van der Waals surface area contributed by atoms with E-state index in [1.54, 1.807) is 32.9 Å². The molecule has 0 spiro atoms. The van der Waals surface area contributed by atoms with Gasteiger partial charge < -0.3 is 15.0 Å². The van der Waals surface area contributed by atoms with Crippen molar-refractivity contribution in [1.82, 2.24) is 25.5 Å². The lowest BCUT2D eigenvalue weighted by Crippen LogP contribution is -2.32. The van der Waals surface area contributed by atoms with Crippen LogP contribution < -0.4 is 10.9 Å². The SMILES string of the molecule is CC(C)(C)OC(=O)NCC=Cc1[nH]nc2nc[nH]c(=O)c12. The van der Waals surface area contributed by atoms with Gasteiger partial charge in [-0.15, -0.1) is 0 Å². The van der Waals surface area contributed by atoms with E-state index in [0.29, 0.717) is 16.7 Å². The lowest BCUT2D eigenvalue weighted by atomic mass is 10.2. The number of nitrogens with zero attached hydrogens (tertiary/aromatic N) is 2. The number of aromatic amines is 2. The highest BCUT2D eigenvalue weighted by molar-refractivity contribution is 5.82. The minimum Gasteiger partial charge on any atom is -0.444 e. The molecule has 0 fully saturated rings. The molecule has 8 nitrogen and oxygen atoms in total. The number of hydrogen-bond acceptors (Lipinski definition) is 5. The second-order valence-electron chi connectivity index (χ2n) is 5.35. The van der Waals surface area contributed by atoms with E-state index in [0.717, 1.165) is 0 Å². The Balaban J connectivity index is 1.98. The summed E-state index contributed by atoms with van der Waals surface area (Å²) in [6, 6.07) is 0. The fraction of sp³-hybridized carbons (Fsp3) is 0.385. The van der Waals surface area contributed by atoms with E-state index in [4.69, 9.17) is 4.74 Å². The molecule has 2 aromatic rings. The summed E-state index contributed by atoms with van der Waals surface area (Å²) in [5.74, 6) is 0. The first-order chi connectivity index (χ1) is 9.87. The number of hydrogen-bond donors (Lipinski definition) is 3. The van der Waals surface area contributed by atoms with Crippen molar-refractivity contribution in [1.29, 1.82) is 0 Å². The fourth-order valence-electron chi connectivity index (χ4n) is 1.64. The van der Waals surface area contributed by atoms with Gasteiger partial charge in [0.15, 0.2) is 5.65 Å². The normalized spacial score (nSPS) is 12.0. The Labute approximate surface area is 120 Å². The number of alkyl carbamates (subject to hydrolysis) is 1. The van der Waals surface area contributed by atoms with E-state index < -0.39 is 11.7 Å². The Morgan fingerprint density at radius 3 is 2.95 bits per heavy atom. The summed E-state index contributed by atoms with van der Waals surface area (Å²) < 4.78 is 5.10. The monoisotopic (exact) mass is 291 g/mol. The molecule has 1 amide bonds. The molecular formula is C13H17N5O3. The zero-order valence-corrected chi connectivity index (χ0v) is 12.1. The Hall–Kier alpha value is -2.64. The van der Waals surface area contributed by atoms with Gasteiger partial charge in [0.2, 0.25) is 0 Å². The summed E-state index contributed by atoms with van der Waals surface area (Å²) in [5, 5.41) is 9.60. The van der Waals surface area contributed by atoms with Crippen molar-refractivity contribution in [3.63, 3.8) is 0 Å². The molecule has 0 saturated heterocycles. The molecule has 0 aliphatic carbocycles. The third-order valence-electron chi connectivity index (χ3n) is 2.43. The second kappa shape index (κ2) is 5.78. The van der Waals surface area contributed by atoms with Gasteiger partial charge in [-0.3, -0.25) is 9.89 Å². The average molecular weight is 291 g/mol. The van der Waals surface area contributed by atoms with Crippen molar-refractivity contribution in [3.05, 3.63) is 28.5 Å². The summed E-state index contributed by atoms with van der Waals surface area (Å²) in [6.07, 6.45) is 4.14. The van der Waals surface area contributed by atoms with Gasteiger partial charge in [-0.2, -0.15) is 5.10 Å².